The van der Waals surface area contributed by atoms with E-state index in [9.17, 15) is 18.3 Å². The standard InChI is InChI=1S/C16H15F3O3/c1-21-12-4-3-5-13(22-2)14(12)15(20)10-6-8-11(9-7-10)16(17,18)19/h3-9,15,20H,1-2H3. The summed E-state index contributed by atoms with van der Waals surface area (Å²) in [5.74, 6) is 0.790. The van der Waals surface area contributed by atoms with E-state index in [1.807, 2.05) is 0 Å². The molecule has 0 aliphatic heterocycles. The third-order valence-electron chi connectivity index (χ3n) is 3.29. The lowest BCUT2D eigenvalue weighted by molar-refractivity contribution is -0.137. The quantitative estimate of drug-likeness (QED) is 0.933. The van der Waals surface area contributed by atoms with Gasteiger partial charge in [-0.2, -0.15) is 13.2 Å². The molecule has 0 radical (unpaired) electrons. The number of alkyl halides is 3. The molecule has 2 rings (SSSR count). The molecule has 6 heteroatoms. The van der Waals surface area contributed by atoms with Crippen LogP contribution >= 0.6 is 0 Å². The first kappa shape index (κ1) is 16.2. The minimum atomic E-state index is -4.41. The number of aliphatic hydroxyl groups is 1. The lowest BCUT2D eigenvalue weighted by Gasteiger charge is -2.18. The van der Waals surface area contributed by atoms with E-state index >= 15 is 0 Å². The second-order valence-corrected chi connectivity index (χ2v) is 4.60. The van der Waals surface area contributed by atoms with Gasteiger partial charge in [-0.3, -0.25) is 0 Å². The van der Waals surface area contributed by atoms with Crippen molar-refractivity contribution in [2.24, 2.45) is 0 Å². The van der Waals surface area contributed by atoms with E-state index in [1.165, 1.54) is 26.4 Å². The number of benzene rings is 2. The van der Waals surface area contributed by atoms with Crippen LogP contribution in [0.3, 0.4) is 0 Å². The van der Waals surface area contributed by atoms with E-state index in [-0.39, 0.29) is 0 Å². The highest BCUT2D eigenvalue weighted by atomic mass is 19.4. The molecule has 0 spiro atoms. The first-order valence-corrected chi connectivity index (χ1v) is 6.44. The molecule has 2 aromatic carbocycles. The van der Waals surface area contributed by atoms with E-state index < -0.39 is 17.8 Å². The number of rotatable bonds is 4. The number of halogens is 3. The van der Waals surface area contributed by atoms with Crippen LogP contribution in [0.25, 0.3) is 0 Å². The van der Waals surface area contributed by atoms with Crippen LogP contribution in [0, 0.1) is 0 Å². The van der Waals surface area contributed by atoms with Crippen LogP contribution in [0.5, 0.6) is 11.5 Å². The van der Waals surface area contributed by atoms with E-state index in [1.54, 1.807) is 18.2 Å². The van der Waals surface area contributed by atoms with Gasteiger partial charge in [0.15, 0.2) is 0 Å². The molecular formula is C16H15F3O3. The van der Waals surface area contributed by atoms with E-state index in [0.29, 0.717) is 22.6 Å². The van der Waals surface area contributed by atoms with Gasteiger partial charge >= 0.3 is 6.18 Å². The van der Waals surface area contributed by atoms with Gasteiger partial charge in [0.05, 0.1) is 25.3 Å². The lowest BCUT2D eigenvalue weighted by atomic mass is 9.98. The smallest absolute Gasteiger partial charge is 0.416 e. The normalized spacial score (nSPS) is 12.8. The summed E-state index contributed by atoms with van der Waals surface area (Å²) in [6.45, 7) is 0. The van der Waals surface area contributed by atoms with Crippen molar-refractivity contribution in [3.63, 3.8) is 0 Å². The van der Waals surface area contributed by atoms with Crippen molar-refractivity contribution in [2.45, 2.75) is 12.3 Å². The Kier molecular flexibility index (Phi) is 4.61. The molecule has 0 fully saturated rings. The molecule has 1 N–H and O–H groups in total. The fraction of sp³-hybridized carbons (Fsp3) is 0.250. The first-order valence-electron chi connectivity index (χ1n) is 6.44. The molecular weight excluding hydrogens is 297 g/mol. The molecule has 0 aliphatic carbocycles. The molecule has 0 aliphatic rings. The fourth-order valence-electron chi connectivity index (χ4n) is 2.17. The fourth-order valence-corrected chi connectivity index (χ4v) is 2.17. The number of ether oxygens (including phenoxy) is 2. The number of hydrogen-bond acceptors (Lipinski definition) is 3. The topological polar surface area (TPSA) is 38.7 Å². The van der Waals surface area contributed by atoms with Crippen LogP contribution < -0.4 is 9.47 Å². The van der Waals surface area contributed by atoms with Crippen LogP contribution in [0.1, 0.15) is 22.8 Å². The maximum atomic E-state index is 12.6. The Balaban J connectivity index is 2.42. The highest BCUT2D eigenvalue weighted by molar-refractivity contribution is 5.49. The minimum absolute atomic E-state index is 0.316. The predicted molar refractivity (Wildman–Crippen MR) is 75.1 cm³/mol. The zero-order valence-corrected chi connectivity index (χ0v) is 12.0. The van der Waals surface area contributed by atoms with Crippen LogP contribution in [0.4, 0.5) is 13.2 Å². The molecule has 3 nitrogen and oxygen atoms in total. The van der Waals surface area contributed by atoms with Crippen molar-refractivity contribution in [2.75, 3.05) is 14.2 Å². The van der Waals surface area contributed by atoms with Crippen molar-refractivity contribution in [3.8, 4) is 11.5 Å². The van der Waals surface area contributed by atoms with Gasteiger partial charge in [0.25, 0.3) is 0 Å². The SMILES string of the molecule is COc1cccc(OC)c1C(O)c1ccc(C(F)(F)F)cc1. The first-order chi connectivity index (χ1) is 10.4. The minimum Gasteiger partial charge on any atom is -0.496 e. The Morgan fingerprint density at radius 1 is 0.909 bits per heavy atom. The molecule has 0 bridgehead atoms. The van der Waals surface area contributed by atoms with Crippen LogP contribution in [-0.4, -0.2) is 19.3 Å². The summed E-state index contributed by atoms with van der Waals surface area (Å²) in [6, 6.07) is 9.32. The van der Waals surface area contributed by atoms with Crippen molar-refractivity contribution in [3.05, 3.63) is 59.2 Å². The second kappa shape index (κ2) is 6.27. The molecule has 1 atom stereocenters. The molecule has 2 aromatic rings. The summed E-state index contributed by atoms with van der Waals surface area (Å²) in [4.78, 5) is 0. The molecule has 0 heterocycles. The lowest BCUT2D eigenvalue weighted by Crippen LogP contribution is -2.07. The Bertz CT molecular complexity index is 614. The average Bonchev–Trinajstić information content (AvgIpc) is 2.52. The zero-order chi connectivity index (χ0) is 16.3. The van der Waals surface area contributed by atoms with Crippen molar-refractivity contribution in [1.29, 1.82) is 0 Å². The van der Waals surface area contributed by atoms with Gasteiger partial charge in [0, 0.05) is 0 Å². The van der Waals surface area contributed by atoms with E-state index in [0.717, 1.165) is 12.1 Å². The molecule has 0 aromatic heterocycles. The van der Waals surface area contributed by atoms with Crippen molar-refractivity contribution >= 4 is 0 Å². The largest absolute Gasteiger partial charge is 0.496 e. The monoisotopic (exact) mass is 312 g/mol. The number of aliphatic hydroxyl groups excluding tert-OH is 1. The third-order valence-corrected chi connectivity index (χ3v) is 3.29. The van der Waals surface area contributed by atoms with Gasteiger partial charge in [0.2, 0.25) is 0 Å². The molecule has 22 heavy (non-hydrogen) atoms. The van der Waals surface area contributed by atoms with Gasteiger partial charge in [-0.25, -0.2) is 0 Å². The summed E-state index contributed by atoms with van der Waals surface area (Å²) >= 11 is 0. The molecule has 1 unspecified atom stereocenters. The van der Waals surface area contributed by atoms with Gasteiger partial charge in [-0.05, 0) is 29.8 Å². The highest BCUT2D eigenvalue weighted by Crippen LogP contribution is 2.38. The Labute approximate surface area is 125 Å². The number of hydrogen-bond donors (Lipinski definition) is 1. The highest BCUT2D eigenvalue weighted by Gasteiger charge is 2.30. The summed E-state index contributed by atoms with van der Waals surface area (Å²) < 4.78 is 48.1. The molecule has 0 saturated heterocycles. The summed E-state index contributed by atoms with van der Waals surface area (Å²) in [7, 11) is 2.88. The number of methoxy groups -OCH3 is 2. The van der Waals surface area contributed by atoms with Crippen LogP contribution in [-0.2, 0) is 6.18 Å². The maximum Gasteiger partial charge on any atom is 0.416 e. The molecule has 118 valence electrons. The van der Waals surface area contributed by atoms with Gasteiger partial charge in [-0.1, -0.05) is 18.2 Å². The van der Waals surface area contributed by atoms with E-state index in [4.69, 9.17) is 9.47 Å². The van der Waals surface area contributed by atoms with Crippen molar-refractivity contribution in [1.82, 2.24) is 0 Å². The molecule has 0 saturated carbocycles. The summed E-state index contributed by atoms with van der Waals surface area (Å²) in [6.07, 6.45) is -5.57. The summed E-state index contributed by atoms with van der Waals surface area (Å²) in [5.41, 5.74) is -0.0847. The predicted octanol–water partition coefficient (Wildman–Crippen LogP) is 3.80. The van der Waals surface area contributed by atoms with Gasteiger partial charge < -0.3 is 14.6 Å². The second-order valence-electron chi connectivity index (χ2n) is 4.60. The van der Waals surface area contributed by atoms with Gasteiger partial charge in [0.1, 0.15) is 17.6 Å². The third kappa shape index (κ3) is 3.17. The van der Waals surface area contributed by atoms with Crippen molar-refractivity contribution < 1.29 is 27.8 Å². The Morgan fingerprint density at radius 3 is 1.82 bits per heavy atom. The average molecular weight is 312 g/mol. The van der Waals surface area contributed by atoms with Gasteiger partial charge in [-0.15, -0.1) is 0 Å². The Morgan fingerprint density at radius 2 is 1.41 bits per heavy atom. The zero-order valence-electron chi connectivity index (χ0n) is 12.0. The Hall–Kier alpha value is -2.21. The van der Waals surface area contributed by atoms with Crippen LogP contribution in [0.2, 0.25) is 0 Å². The molecule has 0 amide bonds. The van der Waals surface area contributed by atoms with E-state index in [2.05, 4.69) is 0 Å². The maximum absolute atomic E-state index is 12.6. The summed E-state index contributed by atoms with van der Waals surface area (Å²) in [5, 5.41) is 10.5. The van der Waals surface area contributed by atoms with Crippen LogP contribution in [0.15, 0.2) is 42.5 Å².